The van der Waals surface area contributed by atoms with Crippen molar-refractivity contribution < 1.29 is 9.59 Å². The van der Waals surface area contributed by atoms with Crippen molar-refractivity contribution in [3.63, 3.8) is 0 Å². The predicted molar refractivity (Wildman–Crippen MR) is 100 cm³/mol. The van der Waals surface area contributed by atoms with Crippen LogP contribution in [0.2, 0.25) is 0 Å². The molecule has 1 aromatic heterocycles. The molecule has 5 heteroatoms. The van der Waals surface area contributed by atoms with E-state index in [4.69, 9.17) is 0 Å². The van der Waals surface area contributed by atoms with E-state index in [1.165, 1.54) is 10.4 Å². The number of thiophene rings is 1. The van der Waals surface area contributed by atoms with Gasteiger partial charge in [0.25, 0.3) is 0 Å². The van der Waals surface area contributed by atoms with Gasteiger partial charge < -0.3 is 9.80 Å². The molecule has 1 saturated heterocycles. The number of likely N-dealkylation sites (tertiary alicyclic amines) is 1. The van der Waals surface area contributed by atoms with Gasteiger partial charge in [0.1, 0.15) is 0 Å². The highest BCUT2D eigenvalue weighted by molar-refractivity contribution is 7.09. The molecular weight excluding hydrogens is 332 g/mol. The summed E-state index contributed by atoms with van der Waals surface area (Å²) in [7, 11) is 0. The van der Waals surface area contributed by atoms with Crippen molar-refractivity contribution in [3.8, 4) is 0 Å². The molecular formula is C20H24N2O2S. The van der Waals surface area contributed by atoms with Crippen molar-refractivity contribution in [2.24, 2.45) is 5.92 Å². The van der Waals surface area contributed by atoms with Gasteiger partial charge in [0.05, 0.1) is 12.5 Å². The molecule has 0 aliphatic carbocycles. The summed E-state index contributed by atoms with van der Waals surface area (Å²) in [6, 6.07) is 14.2. The van der Waals surface area contributed by atoms with E-state index in [-0.39, 0.29) is 17.7 Å². The fourth-order valence-corrected chi connectivity index (χ4v) is 3.98. The number of carbonyl (C=O) groups excluding carboxylic acids is 2. The highest BCUT2D eigenvalue weighted by atomic mass is 32.1. The van der Waals surface area contributed by atoms with Crippen LogP contribution in [0.3, 0.4) is 0 Å². The largest absolute Gasteiger partial charge is 0.342 e. The van der Waals surface area contributed by atoms with Gasteiger partial charge in [0.2, 0.25) is 11.8 Å². The number of hydrogen-bond donors (Lipinski definition) is 0. The Morgan fingerprint density at radius 3 is 2.72 bits per heavy atom. The minimum absolute atomic E-state index is 0.0986. The summed E-state index contributed by atoms with van der Waals surface area (Å²) in [6.45, 7) is 4.54. The highest BCUT2D eigenvalue weighted by Crippen LogP contribution is 2.22. The van der Waals surface area contributed by atoms with Crippen LogP contribution in [0.1, 0.15) is 23.8 Å². The van der Waals surface area contributed by atoms with Gasteiger partial charge in [-0.1, -0.05) is 36.4 Å². The van der Waals surface area contributed by atoms with Crippen LogP contribution in [-0.2, 0) is 22.6 Å². The molecule has 25 heavy (non-hydrogen) atoms. The zero-order valence-corrected chi connectivity index (χ0v) is 15.4. The fourth-order valence-electron chi connectivity index (χ4n) is 3.26. The van der Waals surface area contributed by atoms with Gasteiger partial charge in [0.15, 0.2) is 0 Å². The fraction of sp³-hybridized carbons (Fsp3) is 0.400. The van der Waals surface area contributed by atoms with Crippen LogP contribution in [0.15, 0.2) is 47.8 Å². The summed E-state index contributed by atoms with van der Waals surface area (Å²) >= 11 is 1.66. The minimum Gasteiger partial charge on any atom is -0.342 e. The van der Waals surface area contributed by atoms with Crippen molar-refractivity contribution in [3.05, 3.63) is 58.3 Å². The van der Waals surface area contributed by atoms with Crippen LogP contribution in [0, 0.1) is 5.92 Å². The van der Waals surface area contributed by atoms with Crippen molar-refractivity contribution in [1.82, 2.24) is 9.80 Å². The molecule has 2 aromatic rings. The molecule has 2 amide bonds. The monoisotopic (exact) mass is 356 g/mol. The summed E-state index contributed by atoms with van der Waals surface area (Å²) in [6.07, 6.45) is 1.18. The SMILES string of the molecule is CCN(Cc1cccs1)C(=O)C1CC(=O)N(CCc2ccccc2)C1. The molecule has 1 aromatic carbocycles. The van der Waals surface area contributed by atoms with Gasteiger partial charge in [0, 0.05) is 30.9 Å². The first kappa shape index (κ1) is 17.7. The summed E-state index contributed by atoms with van der Waals surface area (Å²) in [5.74, 6) is -0.00361. The maximum atomic E-state index is 12.8. The van der Waals surface area contributed by atoms with Crippen LogP contribution in [-0.4, -0.2) is 41.2 Å². The Morgan fingerprint density at radius 2 is 2.04 bits per heavy atom. The zero-order chi connectivity index (χ0) is 17.6. The smallest absolute Gasteiger partial charge is 0.228 e. The number of hydrogen-bond acceptors (Lipinski definition) is 3. The van der Waals surface area contributed by atoms with Gasteiger partial charge in [-0.15, -0.1) is 11.3 Å². The van der Waals surface area contributed by atoms with Crippen LogP contribution in [0.4, 0.5) is 0 Å². The maximum Gasteiger partial charge on any atom is 0.228 e. The molecule has 0 radical (unpaired) electrons. The number of carbonyl (C=O) groups is 2. The third-order valence-electron chi connectivity index (χ3n) is 4.70. The summed E-state index contributed by atoms with van der Waals surface area (Å²) in [5.41, 5.74) is 1.22. The molecule has 0 bridgehead atoms. The van der Waals surface area contributed by atoms with E-state index in [0.29, 0.717) is 32.6 Å². The minimum atomic E-state index is -0.205. The second-order valence-electron chi connectivity index (χ2n) is 6.41. The van der Waals surface area contributed by atoms with Crippen LogP contribution < -0.4 is 0 Å². The lowest BCUT2D eigenvalue weighted by atomic mass is 10.1. The first-order valence-corrected chi connectivity index (χ1v) is 9.68. The molecule has 132 valence electrons. The third kappa shape index (κ3) is 4.48. The molecule has 1 unspecified atom stereocenters. The average molecular weight is 356 g/mol. The molecule has 0 spiro atoms. The second-order valence-corrected chi connectivity index (χ2v) is 7.44. The Morgan fingerprint density at radius 1 is 1.24 bits per heavy atom. The molecule has 2 heterocycles. The number of benzene rings is 1. The first-order valence-electron chi connectivity index (χ1n) is 8.80. The van der Waals surface area contributed by atoms with E-state index in [1.54, 1.807) is 11.3 Å². The lowest BCUT2D eigenvalue weighted by Crippen LogP contribution is -2.37. The van der Waals surface area contributed by atoms with Crippen LogP contribution in [0.5, 0.6) is 0 Å². The lowest BCUT2D eigenvalue weighted by Gasteiger charge is -2.24. The molecule has 3 rings (SSSR count). The lowest BCUT2D eigenvalue weighted by molar-refractivity contribution is -0.136. The van der Waals surface area contributed by atoms with Crippen LogP contribution >= 0.6 is 11.3 Å². The molecule has 1 aliphatic rings. The normalized spacial score (nSPS) is 17.1. The van der Waals surface area contributed by atoms with E-state index < -0.39 is 0 Å². The van der Waals surface area contributed by atoms with E-state index >= 15 is 0 Å². The van der Waals surface area contributed by atoms with Crippen molar-refractivity contribution in [2.75, 3.05) is 19.6 Å². The number of nitrogens with zero attached hydrogens (tertiary/aromatic N) is 2. The van der Waals surface area contributed by atoms with Crippen molar-refractivity contribution >= 4 is 23.2 Å². The summed E-state index contributed by atoms with van der Waals surface area (Å²) < 4.78 is 0. The van der Waals surface area contributed by atoms with Gasteiger partial charge in [-0.25, -0.2) is 0 Å². The van der Waals surface area contributed by atoms with Gasteiger partial charge in [-0.2, -0.15) is 0 Å². The quantitative estimate of drug-likeness (QED) is 0.764. The molecule has 1 aliphatic heterocycles. The Labute approximate surface area is 153 Å². The molecule has 1 atom stereocenters. The van der Waals surface area contributed by atoms with Crippen molar-refractivity contribution in [2.45, 2.75) is 26.3 Å². The van der Waals surface area contributed by atoms with E-state index in [9.17, 15) is 9.59 Å². The molecule has 0 N–H and O–H groups in total. The van der Waals surface area contributed by atoms with E-state index in [0.717, 1.165) is 6.42 Å². The first-order chi connectivity index (χ1) is 12.2. The number of amides is 2. The molecule has 4 nitrogen and oxygen atoms in total. The average Bonchev–Trinajstić information content (AvgIpc) is 3.28. The Hall–Kier alpha value is -2.14. The Kier molecular flexibility index (Phi) is 5.87. The van der Waals surface area contributed by atoms with Crippen molar-refractivity contribution in [1.29, 1.82) is 0 Å². The van der Waals surface area contributed by atoms with E-state index in [2.05, 4.69) is 12.1 Å². The molecule has 1 fully saturated rings. The Balaban J connectivity index is 1.56. The standard InChI is InChI=1S/C20H24N2O2S/c1-2-21(15-18-9-6-12-25-18)20(24)17-13-19(23)22(14-17)11-10-16-7-4-3-5-8-16/h3-9,12,17H,2,10-11,13-15H2,1H3. The highest BCUT2D eigenvalue weighted by Gasteiger charge is 2.35. The van der Waals surface area contributed by atoms with Gasteiger partial charge in [-0.05, 0) is 30.4 Å². The summed E-state index contributed by atoms with van der Waals surface area (Å²) in [4.78, 5) is 30.0. The van der Waals surface area contributed by atoms with Gasteiger partial charge in [-0.3, -0.25) is 9.59 Å². The Bertz CT molecular complexity index is 700. The van der Waals surface area contributed by atoms with Crippen LogP contribution in [0.25, 0.3) is 0 Å². The van der Waals surface area contributed by atoms with Gasteiger partial charge >= 0.3 is 0 Å². The topological polar surface area (TPSA) is 40.6 Å². The summed E-state index contributed by atoms with van der Waals surface area (Å²) in [5, 5.41) is 2.03. The predicted octanol–water partition coefficient (Wildman–Crippen LogP) is 3.19. The van der Waals surface area contributed by atoms with E-state index in [1.807, 2.05) is 52.4 Å². The third-order valence-corrected chi connectivity index (χ3v) is 5.56. The maximum absolute atomic E-state index is 12.8. The zero-order valence-electron chi connectivity index (χ0n) is 14.6. The molecule has 0 saturated carbocycles. The second kappa shape index (κ2) is 8.30. The number of rotatable bonds is 7.